The smallest absolute Gasteiger partial charge is 0.264 e. The number of quaternary nitrogens is 1. The minimum absolute atomic E-state index is 0.0599. The molecule has 1 saturated heterocycles. The number of likely N-dealkylation sites (N-methyl/N-ethyl adjacent to an activating group) is 1. The maximum absolute atomic E-state index is 12.3. The van der Waals surface area contributed by atoms with E-state index in [-0.39, 0.29) is 12.2 Å². The van der Waals surface area contributed by atoms with Crippen LogP contribution in [-0.4, -0.2) is 50.6 Å². The molecule has 1 atom stereocenters. The first kappa shape index (κ1) is 29.1. The Morgan fingerprint density at radius 3 is 2.19 bits per heavy atom. The van der Waals surface area contributed by atoms with E-state index in [2.05, 4.69) is 24.5 Å². The van der Waals surface area contributed by atoms with Crippen molar-refractivity contribution in [1.82, 2.24) is 5.43 Å². The van der Waals surface area contributed by atoms with Gasteiger partial charge in [0.25, 0.3) is 5.91 Å². The second kappa shape index (κ2) is 19.5. The molecule has 0 aromatic carbocycles. The highest BCUT2D eigenvalue weighted by Gasteiger charge is 2.20. The molecule has 0 spiro atoms. The summed E-state index contributed by atoms with van der Waals surface area (Å²) in [6.45, 7) is 4.42. The number of carbonyl (C=O) groups excluding carboxylic acids is 1. The maximum Gasteiger partial charge on any atom is 0.264 e. The fourth-order valence-electron chi connectivity index (χ4n) is 4.06. The number of nitrogens with one attached hydrogen (secondary N) is 1. The molecule has 1 N–H and O–H groups in total. The predicted molar refractivity (Wildman–Crippen MR) is 134 cm³/mol. The molecule has 0 aliphatic carbocycles. The van der Waals surface area contributed by atoms with Crippen LogP contribution in [0.5, 0.6) is 0 Å². The van der Waals surface area contributed by atoms with Crippen LogP contribution in [0.2, 0.25) is 0 Å². The van der Waals surface area contributed by atoms with Gasteiger partial charge in [-0.05, 0) is 51.4 Å². The van der Waals surface area contributed by atoms with Crippen molar-refractivity contribution in [2.45, 2.75) is 122 Å². The number of amides is 1. The van der Waals surface area contributed by atoms with Crippen molar-refractivity contribution in [3.8, 4) is 0 Å². The third kappa shape index (κ3) is 17.6. The predicted octanol–water partition coefficient (Wildman–Crippen LogP) is 6.67. The summed E-state index contributed by atoms with van der Waals surface area (Å²) in [5, 5.41) is 0. The molecule has 0 saturated carbocycles. The summed E-state index contributed by atoms with van der Waals surface area (Å²) >= 11 is 0. The highest BCUT2D eigenvalue weighted by molar-refractivity contribution is 5.74. The number of ether oxygens (including phenoxy) is 2. The van der Waals surface area contributed by atoms with Gasteiger partial charge in [0, 0.05) is 13.0 Å². The first-order valence-electron chi connectivity index (χ1n) is 13.6. The van der Waals surface area contributed by atoms with E-state index >= 15 is 0 Å². The van der Waals surface area contributed by atoms with Crippen molar-refractivity contribution in [2.24, 2.45) is 0 Å². The summed E-state index contributed by atoms with van der Waals surface area (Å²) in [7, 11) is 4.03. The lowest BCUT2D eigenvalue weighted by atomic mass is 10.1. The van der Waals surface area contributed by atoms with Crippen LogP contribution in [-0.2, 0) is 14.3 Å². The summed E-state index contributed by atoms with van der Waals surface area (Å²) in [6, 6.07) is 0. The molecule has 32 heavy (non-hydrogen) atoms. The van der Waals surface area contributed by atoms with Crippen LogP contribution in [0.3, 0.4) is 0 Å². The second-order valence-corrected chi connectivity index (χ2v) is 9.94. The molecule has 1 unspecified atom stereocenters. The normalized spacial score (nSPS) is 17.2. The Morgan fingerprint density at radius 1 is 0.938 bits per heavy atom. The van der Waals surface area contributed by atoms with E-state index in [9.17, 15) is 4.79 Å². The highest BCUT2D eigenvalue weighted by Crippen LogP contribution is 2.14. The van der Waals surface area contributed by atoms with Crippen molar-refractivity contribution < 1.29 is 18.9 Å². The van der Waals surface area contributed by atoms with Crippen molar-refractivity contribution >= 4 is 5.91 Å². The molecule has 0 aromatic rings. The Morgan fingerprint density at radius 2 is 1.56 bits per heavy atom. The van der Waals surface area contributed by atoms with Gasteiger partial charge in [-0.1, -0.05) is 70.4 Å². The average Bonchev–Trinajstić information content (AvgIpc) is 2.76. The molecule has 1 heterocycles. The van der Waals surface area contributed by atoms with E-state index in [1.165, 1.54) is 77.0 Å². The standard InChI is InChI=1S/C27H52N2O3/c1-4-5-6-7-8-9-10-11-12-13-14-15-16-17-18-21-26(30)28-29(2,3)23-25-32-27-22-19-20-24-31-27/h11-12,27H,4-10,13-25H2,1-3H3/p+1/b12-11-. The zero-order valence-corrected chi connectivity index (χ0v) is 21.5. The van der Waals surface area contributed by atoms with Gasteiger partial charge < -0.3 is 9.47 Å². The van der Waals surface area contributed by atoms with Gasteiger partial charge in [-0.15, -0.1) is 0 Å². The van der Waals surface area contributed by atoms with Crippen LogP contribution in [0.1, 0.15) is 116 Å². The van der Waals surface area contributed by atoms with Gasteiger partial charge in [0.2, 0.25) is 0 Å². The van der Waals surface area contributed by atoms with E-state index in [1.54, 1.807) is 0 Å². The quantitative estimate of drug-likeness (QED) is 0.0968. The Balaban J connectivity index is 1.90. The molecule has 0 bridgehead atoms. The van der Waals surface area contributed by atoms with Gasteiger partial charge >= 0.3 is 0 Å². The van der Waals surface area contributed by atoms with E-state index in [1.807, 2.05) is 14.1 Å². The number of allylic oxidation sites excluding steroid dienone is 2. The van der Waals surface area contributed by atoms with Gasteiger partial charge in [-0.2, -0.15) is 0 Å². The molecular weight excluding hydrogens is 400 g/mol. The van der Waals surface area contributed by atoms with Crippen LogP contribution in [0.25, 0.3) is 0 Å². The topological polar surface area (TPSA) is 47.6 Å². The average molecular weight is 454 g/mol. The minimum atomic E-state index is -0.0599. The zero-order chi connectivity index (χ0) is 23.3. The molecule has 1 amide bonds. The summed E-state index contributed by atoms with van der Waals surface area (Å²) in [4.78, 5) is 12.3. The number of hydrogen-bond acceptors (Lipinski definition) is 3. The van der Waals surface area contributed by atoms with E-state index in [4.69, 9.17) is 9.47 Å². The third-order valence-electron chi connectivity index (χ3n) is 6.18. The van der Waals surface area contributed by atoms with E-state index in [0.29, 0.717) is 17.6 Å². The molecule has 1 aliphatic heterocycles. The number of unbranched alkanes of at least 4 members (excludes halogenated alkanes) is 11. The number of rotatable bonds is 20. The Kier molecular flexibility index (Phi) is 17.8. The summed E-state index contributed by atoms with van der Waals surface area (Å²) in [5.74, 6) is 0.140. The van der Waals surface area contributed by atoms with E-state index in [0.717, 1.165) is 38.8 Å². The fourth-order valence-corrected chi connectivity index (χ4v) is 4.06. The molecular formula is C27H53N2O3+. The molecule has 5 heteroatoms. The highest BCUT2D eigenvalue weighted by atomic mass is 16.7. The van der Waals surface area contributed by atoms with Gasteiger partial charge in [0.1, 0.15) is 13.2 Å². The Hall–Kier alpha value is -0.910. The SMILES string of the molecule is CCCCCCCC/C=C\CCCCCCCC(=O)N[N+](C)(C)CCOC1CCCCO1. The van der Waals surface area contributed by atoms with Crippen LogP contribution < -0.4 is 5.43 Å². The number of carbonyl (C=O) groups is 1. The Labute approximate surface area is 198 Å². The minimum Gasteiger partial charge on any atom is -0.353 e. The summed E-state index contributed by atoms with van der Waals surface area (Å²) in [5.41, 5.74) is 3.11. The fraction of sp³-hybridized carbons (Fsp3) is 0.889. The van der Waals surface area contributed by atoms with E-state index < -0.39 is 0 Å². The summed E-state index contributed by atoms with van der Waals surface area (Å²) in [6.07, 6.45) is 25.2. The van der Waals surface area contributed by atoms with Gasteiger partial charge in [0.15, 0.2) is 6.29 Å². The first-order chi connectivity index (χ1) is 15.5. The second-order valence-electron chi connectivity index (χ2n) is 9.94. The van der Waals surface area contributed by atoms with Crippen LogP contribution in [0.15, 0.2) is 12.2 Å². The molecule has 0 radical (unpaired) electrons. The Bertz CT molecular complexity index is 474. The zero-order valence-electron chi connectivity index (χ0n) is 21.5. The third-order valence-corrected chi connectivity index (χ3v) is 6.18. The molecule has 1 fully saturated rings. The lowest BCUT2D eigenvalue weighted by molar-refractivity contribution is -0.925. The van der Waals surface area contributed by atoms with Crippen molar-refractivity contribution in [2.75, 3.05) is 33.9 Å². The van der Waals surface area contributed by atoms with Crippen molar-refractivity contribution in [1.29, 1.82) is 0 Å². The van der Waals surface area contributed by atoms with Gasteiger partial charge in [0.05, 0.1) is 14.1 Å². The molecule has 1 aliphatic rings. The lowest BCUT2D eigenvalue weighted by Gasteiger charge is -2.30. The largest absolute Gasteiger partial charge is 0.353 e. The lowest BCUT2D eigenvalue weighted by Crippen LogP contribution is -2.56. The van der Waals surface area contributed by atoms with Gasteiger partial charge in [-0.3, -0.25) is 4.79 Å². The molecule has 0 aromatic heterocycles. The van der Waals surface area contributed by atoms with Gasteiger partial charge in [-0.25, -0.2) is 10.0 Å². The number of nitrogens with zero attached hydrogens (tertiary/aromatic N) is 1. The summed E-state index contributed by atoms with van der Waals surface area (Å²) < 4.78 is 11.8. The maximum atomic E-state index is 12.3. The number of hydrogen-bond donors (Lipinski definition) is 1. The van der Waals surface area contributed by atoms with Crippen LogP contribution in [0, 0.1) is 0 Å². The van der Waals surface area contributed by atoms with Crippen LogP contribution >= 0.6 is 0 Å². The van der Waals surface area contributed by atoms with Crippen molar-refractivity contribution in [3.63, 3.8) is 0 Å². The molecule has 188 valence electrons. The first-order valence-corrected chi connectivity index (χ1v) is 13.6. The molecule has 1 rings (SSSR count). The van der Waals surface area contributed by atoms with Crippen LogP contribution in [0.4, 0.5) is 0 Å². The monoisotopic (exact) mass is 453 g/mol. The van der Waals surface area contributed by atoms with Crippen molar-refractivity contribution in [3.05, 3.63) is 12.2 Å². The molecule has 5 nitrogen and oxygen atoms in total.